The number of hydrogen-bond donors (Lipinski definition) is 0. The van der Waals surface area contributed by atoms with Gasteiger partial charge in [0.05, 0.1) is 0 Å². The molecule has 3 rings (SSSR count). The Morgan fingerprint density at radius 3 is 2.23 bits per heavy atom. The quantitative estimate of drug-likeness (QED) is 0.695. The summed E-state index contributed by atoms with van der Waals surface area (Å²) in [6.45, 7) is 8.27. The topological polar surface area (TPSA) is 77.1 Å². The molecule has 0 saturated carbocycles. The van der Waals surface area contributed by atoms with Gasteiger partial charge in [0.15, 0.2) is 0 Å². The minimum absolute atomic E-state index is 0.0528. The molecule has 3 amide bonds. The third-order valence-corrected chi connectivity index (χ3v) is 5.08. The van der Waals surface area contributed by atoms with E-state index in [1.54, 1.807) is 21.9 Å². The lowest BCUT2D eigenvalue weighted by molar-refractivity contribution is -0.119. The second-order valence-corrected chi connectivity index (χ2v) is 6.59. The number of pyridine rings is 1. The highest BCUT2D eigenvalue weighted by molar-refractivity contribution is 5.98. The summed E-state index contributed by atoms with van der Waals surface area (Å²) >= 11 is 0. The number of likely N-dealkylation sites (N-methyl/N-ethyl adjacent to an activating group) is 1. The van der Waals surface area contributed by atoms with Crippen molar-refractivity contribution < 1.29 is 14.4 Å². The maximum Gasteiger partial charge on any atom is 0.272 e. The second kappa shape index (κ2) is 8.27. The molecule has 8 nitrogen and oxygen atoms in total. The molecule has 8 heteroatoms. The molecule has 0 radical (unpaired) electrons. The van der Waals surface area contributed by atoms with Crippen LogP contribution in [0, 0.1) is 0 Å². The molecule has 0 aliphatic carbocycles. The van der Waals surface area contributed by atoms with E-state index in [4.69, 9.17) is 0 Å². The van der Waals surface area contributed by atoms with Gasteiger partial charge in [-0.1, -0.05) is 6.92 Å². The zero-order valence-corrected chi connectivity index (χ0v) is 15.1. The standard InChI is InChI=1S/C18H25N5O3/c1-2-20-5-9-22(10-6-20)17(25)15-3-4-19-16(13-15)18(26)23-11-7-21(14-24)8-12-23/h3-4,13-14H,2,5-12H2,1H3. The van der Waals surface area contributed by atoms with Gasteiger partial charge in [-0.15, -0.1) is 0 Å². The highest BCUT2D eigenvalue weighted by Gasteiger charge is 2.25. The highest BCUT2D eigenvalue weighted by atomic mass is 16.2. The number of aromatic nitrogens is 1. The molecule has 2 saturated heterocycles. The van der Waals surface area contributed by atoms with Crippen LogP contribution in [0.1, 0.15) is 27.8 Å². The molecule has 0 unspecified atom stereocenters. The Bertz CT molecular complexity index is 665. The van der Waals surface area contributed by atoms with Gasteiger partial charge in [0, 0.05) is 64.1 Å². The Balaban J connectivity index is 1.65. The van der Waals surface area contributed by atoms with Gasteiger partial charge in [0.1, 0.15) is 5.69 Å². The SMILES string of the molecule is CCN1CCN(C(=O)c2ccnc(C(=O)N3CCN(C=O)CC3)c2)CC1. The summed E-state index contributed by atoms with van der Waals surface area (Å²) < 4.78 is 0. The number of carbonyl (C=O) groups excluding carboxylic acids is 3. The number of carbonyl (C=O) groups is 3. The van der Waals surface area contributed by atoms with Gasteiger partial charge in [0.25, 0.3) is 11.8 Å². The molecule has 2 aliphatic rings. The Hall–Kier alpha value is -2.48. The molecular formula is C18H25N5O3. The highest BCUT2D eigenvalue weighted by Crippen LogP contribution is 2.12. The van der Waals surface area contributed by atoms with E-state index in [2.05, 4.69) is 16.8 Å². The van der Waals surface area contributed by atoms with Crippen LogP contribution in [0.2, 0.25) is 0 Å². The molecule has 0 aromatic carbocycles. The first kappa shape index (κ1) is 18.3. The minimum Gasteiger partial charge on any atom is -0.342 e. The molecule has 0 N–H and O–H groups in total. The van der Waals surface area contributed by atoms with Crippen molar-refractivity contribution in [3.8, 4) is 0 Å². The van der Waals surface area contributed by atoms with Gasteiger partial charge in [0.2, 0.25) is 6.41 Å². The van der Waals surface area contributed by atoms with E-state index in [-0.39, 0.29) is 17.5 Å². The van der Waals surface area contributed by atoms with Gasteiger partial charge in [-0.25, -0.2) is 0 Å². The number of nitrogens with zero attached hydrogens (tertiary/aromatic N) is 5. The fourth-order valence-corrected chi connectivity index (χ4v) is 3.32. The van der Waals surface area contributed by atoms with Crippen molar-refractivity contribution in [3.63, 3.8) is 0 Å². The van der Waals surface area contributed by atoms with Gasteiger partial charge in [-0.2, -0.15) is 0 Å². The molecule has 1 aromatic rings. The van der Waals surface area contributed by atoms with E-state index in [0.717, 1.165) is 26.0 Å². The van der Waals surface area contributed by atoms with Crippen LogP contribution >= 0.6 is 0 Å². The van der Waals surface area contributed by atoms with Crippen LogP contribution in [0.4, 0.5) is 0 Å². The van der Waals surface area contributed by atoms with E-state index >= 15 is 0 Å². The summed E-state index contributed by atoms with van der Waals surface area (Å²) in [4.78, 5) is 47.8. The lowest BCUT2D eigenvalue weighted by atomic mass is 10.1. The molecular weight excluding hydrogens is 334 g/mol. The summed E-state index contributed by atoms with van der Waals surface area (Å²) in [6.07, 6.45) is 2.32. The largest absolute Gasteiger partial charge is 0.342 e. The monoisotopic (exact) mass is 359 g/mol. The van der Waals surface area contributed by atoms with Crippen LogP contribution in [0.25, 0.3) is 0 Å². The predicted molar refractivity (Wildman–Crippen MR) is 95.8 cm³/mol. The first-order valence-electron chi connectivity index (χ1n) is 9.08. The summed E-state index contributed by atoms with van der Waals surface area (Å²) in [5.41, 5.74) is 0.780. The Kier molecular flexibility index (Phi) is 5.82. The third-order valence-electron chi connectivity index (χ3n) is 5.08. The minimum atomic E-state index is -0.194. The fraction of sp³-hybridized carbons (Fsp3) is 0.556. The van der Waals surface area contributed by atoms with E-state index in [9.17, 15) is 14.4 Å². The van der Waals surface area contributed by atoms with E-state index in [1.165, 1.54) is 6.20 Å². The van der Waals surface area contributed by atoms with E-state index < -0.39 is 0 Å². The third kappa shape index (κ3) is 4.01. The van der Waals surface area contributed by atoms with E-state index in [0.29, 0.717) is 44.8 Å². The molecule has 0 spiro atoms. The maximum atomic E-state index is 12.7. The number of amides is 3. The average molecular weight is 359 g/mol. The first-order chi connectivity index (χ1) is 12.6. The first-order valence-corrected chi connectivity index (χ1v) is 9.08. The average Bonchev–Trinajstić information content (AvgIpc) is 2.73. The molecule has 140 valence electrons. The Morgan fingerprint density at radius 2 is 1.62 bits per heavy atom. The van der Waals surface area contributed by atoms with Gasteiger partial charge >= 0.3 is 0 Å². The summed E-state index contributed by atoms with van der Waals surface area (Å²) in [6, 6.07) is 3.25. The Morgan fingerprint density at radius 1 is 1.00 bits per heavy atom. The van der Waals surface area contributed by atoms with Crippen LogP contribution in [0.5, 0.6) is 0 Å². The fourth-order valence-electron chi connectivity index (χ4n) is 3.32. The van der Waals surface area contributed by atoms with Crippen LogP contribution in [0.15, 0.2) is 18.3 Å². The number of rotatable bonds is 4. The van der Waals surface area contributed by atoms with Crippen molar-refractivity contribution in [2.75, 3.05) is 58.9 Å². The summed E-state index contributed by atoms with van der Waals surface area (Å²) in [5, 5.41) is 0. The van der Waals surface area contributed by atoms with Gasteiger partial charge < -0.3 is 19.6 Å². The van der Waals surface area contributed by atoms with Crippen LogP contribution in [-0.4, -0.2) is 102 Å². The normalized spacial score (nSPS) is 18.7. The Labute approximate surface area is 153 Å². The van der Waals surface area contributed by atoms with Gasteiger partial charge in [-0.3, -0.25) is 19.4 Å². The lowest BCUT2D eigenvalue weighted by Crippen LogP contribution is -2.49. The molecule has 0 bridgehead atoms. The number of hydrogen-bond acceptors (Lipinski definition) is 5. The summed E-state index contributed by atoms with van der Waals surface area (Å²) in [7, 11) is 0. The molecule has 0 atom stereocenters. The number of piperazine rings is 2. The molecule has 2 fully saturated rings. The van der Waals surface area contributed by atoms with E-state index in [1.807, 2.05) is 4.90 Å². The zero-order chi connectivity index (χ0) is 18.5. The van der Waals surface area contributed by atoms with Crippen molar-refractivity contribution >= 4 is 18.2 Å². The maximum absolute atomic E-state index is 12.7. The zero-order valence-electron chi connectivity index (χ0n) is 15.1. The molecule has 2 aliphatic heterocycles. The lowest BCUT2D eigenvalue weighted by Gasteiger charge is -2.34. The van der Waals surface area contributed by atoms with Crippen molar-refractivity contribution in [3.05, 3.63) is 29.6 Å². The molecule has 26 heavy (non-hydrogen) atoms. The van der Waals surface area contributed by atoms with Crippen molar-refractivity contribution in [2.24, 2.45) is 0 Å². The van der Waals surface area contributed by atoms with Crippen molar-refractivity contribution in [1.29, 1.82) is 0 Å². The smallest absolute Gasteiger partial charge is 0.272 e. The van der Waals surface area contributed by atoms with Crippen LogP contribution in [0.3, 0.4) is 0 Å². The summed E-state index contributed by atoms with van der Waals surface area (Å²) in [5.74, 6) is -0.246. The van der Waals surface area contributed by atoms with Gasteiger partial charge in [-0.05, 0) is 18.7 Å². The molecule has 3 heterocycles. The predicted octanol–water partition coefficient (Wildman–Crippen LogP) is -0.226. The van der Waals surface area contributed by atoms with Crippen molar-refractivity contribution in [1.82, 2.24) is 24.6 Å². The van der Waals surface area contributed by atoms with Crippen LogP contribution < -0.4 is 0 Å². The van der Waals surface area contributed by atoms with Crippen molar-refractivity contribution in [2.45, 2.75) is 6.92 Å². The second-order valence-electron chi connectivity index (χ2n) is 6.59. The van der Waals surface area contributed by atoms with Crippen LogP contribution in [-0.2, 0) is 4.79 Å². The molecule has 1 aromatic heterocycles.